The van der Waals surface area contributed by atoms with E-state index in [2.05, 4.69) is 42.2 Å². The van der Waals surface area contributed by atoms with Crippen LogP contribution in [0.25, 0.3) is 0 Å². The van der Waals surface area contributed by atoms with E-state index in [4.69, 9.17) is 5.73 Å². The monoisotopic (exact) mass is 218 g/mol. The first-order valence-electron chi connectivity index (χ1n) is 6.32. The maximum atomic E-state index is 6.00. The van der Waals surface area contributed by atoms with Crippen molar-refractivity contribution >= 4 is 0 Å². The van der Waals surface area contributed by atoms with Gasteiger partial charge in [-0.3, -0.25) is 0 Å². The standard InChI is InChI=1S/C14H22N2/c1-2-14(15)11-16-9-8-13(10-16)12-6-4-3-5-7-12/h3-7,13-14H,2,8-11,15H2,1H3. The Morgan fingerprint density at radius 2 is 2.12 bits per heavy atom. The van der Waals surface area contributed by atoms with Crippen molar-refractivity contribution in [1.82, 2.24) is 4.90 Å². The maximum Gasteiger partial charge on any atom is 0.0165 e. The molecule has 88 valence electrons. The highest BCUT2D eigenvalue weighted by molar-refractivity contribution is 5.20. The molecule has 2 heteroatoms. The summed E-state index contributed by atoms with van der Waals surface area (Å²) in [5.74, 6) is 0.713. The normalized spacial score (nSPS) is 23.5. The molecule has 1 fully saturated rings. The van der Waals surface area contributed by atoms with Gasteiger partial charge in [-0.2, -0.15) is 0 Å². The van der Waals surface area contributed by atoms with Crippen molar-refractivity contribution in [3.05, 3.63) is 35.9 Å². The Hall–Kier alpha value is -0.860. The van der Waals surface area contributed by atoms with Crippen molar-refractivity contribution in [2.75, 3.05) is 19.6 Å². The van der Waals surface area contributed by atoms with E-state index in [1.807, 2.05) is 0 Å². The van der Waals surface area contributed by atoms with Gasteiger partial charge in [0.25, 0.3) is 0 Å². The van der Waals surface area contributed by atoms with Crippen LogP contribution in [0.5, 0.6) is 0 Å². The van der Waals surface area contributed by atoms with Gasteiger partial charge >= 0.3 is 0 Å². The molecular formula is C14H22N2. The molecule has 0 radical (unpaired) electrons. The summed E-state index contributed by atoms with van der Waals surface area (Å²) in [6, 6.07) is 11.2. The molecule has 1 aromatic rings. The SMILES string of the molecule is CCC(N)CN1CCC(c2ccccc2)C1. The smallest absolute Gasteiger partial charge is 0.0165 e. The Morgan fingerprint density at radius 1 is 1.38 bits per heavy atom. The first-order valence-corrected chi connectivity index (χ1v) is 6.32. The second-order valence-electron chi connectivity index (χ2n) is 4.82. The lowest BCUT2D eigenvalue weighted by Gasteiger charge is -2.19. The first-order chi connectivity index (χ1) is 7.79. The van der Waals surface area contributed by atoms with Gasteiger partial charge in [0.05, 0.1) is 0 Å². The van der Waals surface area contributed by atoms with Gasteiger partial charge in [-0.1, -0.05) is 37.3 Å². The predicted octanol–water partition coefficient (Wildman–Crippen LogP) is 2.21. The number of hydrogen-bond donors (Lipinski definition) is 1. The van der Waals surface area contributed by atoms with Gasteiger partial charge in [-0.05, 0) is 30.9 Å². The summed E-state index contributed by atoms with van der Waals surface area (Å²) in [6.45, 7) is 5.60. The number of hydrogen-bond acceptors (Lipinski definition) is 2. The fourth-order valence-electron chi connectivity index (χ4n) is 2.46. The molecule has 2 N–H and O–H groups in total. The molecule has 1 aromatic carbocycles. The van der Waals surface area contributed by atoms with E-state index >= 15 is 0 Å². The zero-order valence-corrected chi connectivity index (χ0v) is 10.1. The fraction of sp³-hybridized carbons (Fsp3) is 0.571. The highest BCUT2D eigenvalue weighted by Crippen LogP contribution is 2.26. The molecule has 1 aliphatic rings. The summed E-state index contributed by atoms with van der Waals surface area (Å²) in [5.41, 5.74) is 7.48. The second-order valence-corrected chi connectivity index (χ2v) is 4.82. The molecule has 2 nitrogen and oxygen atoms in total. The minimum Gasteiger partial charge on any atom is -0.327 e. The molecule has 0 aromatic heterocycles. The third-order valence-electron chi connectivity index (χ3n) is 3.56. The largest absolute Gasteiger partial charge is 0.327 e. The average molecular weight is 218 g/mol. The molecule has 1 saturated heterocycles. The zero-order valence-electron chi connectivity index (χ0n) is 10.1. The summed E-state index contributed by atoms with van der Waals surface area (Å²) < 4.78 is 0. The average Bonchev–Trinajstić information content (AvgIpc) is 2.78. The quantitative estimate of drug-likeness (QED) is 0.839. The summed E-state index contributed by atoms with van der Waals surface area (Å²) >= 11 is 0. The second kappa shape index (κ2) is 5.46. The number of benzene rings is 1. The molecule has 0 amide bonds. The van der Waals surface area contributed by atoms with Gasteiger partial charge < -0.3 is 10.6 Å². The Balaban J connectivity index is 1.89. The maximum absolute atomic E-state index is 6.00. The van der Waals surface area contributed by atoms with Gasteiger partial charge in [0.2, 0.25) is 0 Å². The van der Waals surface area contributed by atoms with E-state index in [1.54, 1.807) is 0 Å². The highest BCUT2D eigenvalue weighted by atomic mass is 15.2. The van der Waals surface area contributed by atoms with Crippen molar-refractivity contribution in [3.63, 3.8) is 0 Å². The van der Waals surface area contributed by atoms with Crippen molar-refractivity contribution in [2.24, 2.45) is 5.73 Å². The van der Waals surface area contributed by atoms with Gasteiger partial charge in [-0.25, -0.2) is 0 Å². The van der Waals surface area contributed by atoms with Crippen LogP contribution in [0, 0.1) is 0 Å². The van der Waals surface area contributed by atoms with Crippen molar-refractivity contribution in [3.8, 4) is 0 Å². The van der Waals surface area contributed by atoms with Crippen LogP contribution in [0.4, 0.5) is 0 Å². The zero-order chi connectivity index (χ0) is 11.4. The van der Waals surface area contributed by atoms with Crippen LogP contribution in [-0.4, -0.2) is 30.6 Å². The molecule has 0 bridgehead atoms. The van der Waals surface area contributed by atoms with Gasteiger partial charge in [0, 0.05) is 19.1 Å². The molecule has 1 heterocycles. The number of nitrogens with two attached hydrogens (primary N) is 1. The van der Waals surface area contributed by atoms with E-state index in [-0.39, 0.29) is 0 Å². The van der Waals surface area contributed by atoms with Crippen molar-refractivity contribution in [1.29, 1.82) is 0 Å². The Kier molecular flexibility index (Phi) is 3.97. The van der Waals surface area contributed by atoms with Crippen LogP contribution in [0.15, 0.2) is 30.3 Å². The van der Waals surface area contributed by atoms with Gasteiger partial charge in [0.15, 0.2) is 0 Å². The summed E-state index contributed by atoms with van der Waals surface area (Å²) in [4.78, 5) is 2.51. The molecule has 0 saturated carbocycles. The Labute approximate surface area is 98.4 Å². The van der Waals surface area contributed by atoms with Crippen molar-refractivity contribution < 1.29 is 0 Å². The lowest BCUT2D eigenvalue weighted by molar-refractivity contribution is 0.307. The Bertz CT molecular complexity index is 310. The van der Waals surface area contributed by atoms with E-state index in [0.717, 1.165) is 13.0 Å². The van der Waals surface area contributed by atoms with Crippen LogP contribution in [-0.2, 0) is 0 Å². The molecule has 0 aliphatic carbocycles. The first kappa shape index (κ1) is 11.6. The van der Waals surface area contributed by atoms with Crippen LogP contribution < -0.4 is 5.73 Å². The van der Waals surface area contributed by atoms with Crippen molar-refractivity contribution in [2.45, 2.75) is 31.7 Å². The van der Waals surface area contributed by atoms with E-state index in [9.17, 15) is 0 Å². The lowest BCUT2D eigenvalue weighted by Crippen LogP contribution is -2.35. The Morgan fingerprint density at radius 3 is 2.81 bits per heavy atom. The predicted molar refractivity (Wildman–Crippen MR) is 68.5 cm³/mol. The van der Waals surface area contributed by atoms with E-state index in [0.29, 0.717) is 12.0 Å². The summed E-state index contributed by atoms with van der Waals surface area (Å²) in [7, 11) is 0. The third-order valence-corrected chi connectivity index (χ3v) is 3.56. The number of likely N-dealkylation sites (tertiary alicyclic amines) is 1. The molecule has 1 aliphatic heterocycles. The molecule has 0 spiro atoms. The van der Waals surface area contributed by atoms with Crippen LogP contribution >= 0.6 is 0 Å². The van der Waals surface area contributed by atoms with E-state index < -0.39 is 0 Å². The minimum atomic E-state index is 0.342. The van der Waals surface area contributed by atoms with Crippen LogP contribution in [0.2, 0.25) is 0 Å². The fourth-order valence-corrected chi connectivity index (χ4v) is 2.46. The number of nitrogens with zero attached hydrogens (tertiary/aromatic N) is 1. The molecular weight excluding hydrogens is 196 g/mol. The summed E-state index contributed by atoms with van der Waals surface area (Å²) in [5, 5.41) is 0. The lowest BCUT2D eigenvalue weighted by atomic mass is 9.99. The molecule has 2 rings (SSSR count). The number of rotatable bonds is 4. The van der Waals surface area contributed by atoms with Gasteiger partial charge in [-0.15, -0.1) is 0 Å². The van der Waals surface area contributed by atoms with Gasteiger partial charge in [0.1, 0.15) is 0 Å². The minimum absolute atomic E-state index is 0.342. The van der Waals surface area contributed by atoms with E-state index in [1.165, 1.54) is 25.1 Å². The van der Waals surface area contributed by atoms with Crippen LogP contribution in [0.1, 0.15) is 31.2 Å². The topological polar surface area (TPSA) is 29.3 Å². The third kappa shape index (κ3) is 2.83. The van der Waals surface area contributed by atoms with Crippen LogP contribution in [0.3, 0.4) is 0 Å². The molecule has 2 atom stereocenters. The molecule has 2 unspecified atom stereocenters. The summed E-state index contributed by atoms with van der Waals surface area (Å²) in [6.07, 6.45) is 2.35. The molecule has 16 heavy (non-hydrogen) atoms. The highest BCUT2D eigenvalue weighted by Gasteiger charge is 2.24.